The monoisotopic (exact) mass is 555 g/mol. The van der Waals surface area contributed by atoms with Crippen molar-refractivity contribution in [3.05, 3.63) is 53.8 Å². The Kier molecular flexibility index (Phi) is 8.49. The molecule has 2 saturated heterocycles. The van der Waals surface area contributed by atoms with Crippen molar-refractivity contribution < 1.29 is 35.5 Å². The second kappa shape index (κ2) is 11.4. The Hall–Kier alpha value is -2.58. The molecule has 10 nitrogen and oxygen atoms in total. The average molecular weight is 556 g/mol. The molecule has 2 aliphatic rings. The Labute approximate surface area is 216 Å². The number of carbonyl (C=O) groups excluding carboxylic acids is 1. The van der Waals surface area contributed by atoms with Gasteiger partial charge in [-0.05, 0) is 48.7 Å². The van der Waals surface area contributed by atoms with E-state index in [1.165, 1.54) is 33.9 Å². The molecule has 2 aromatic carbocycles. The minimum absolute atomic E-state index is 0.0602. The molecule has 0 radical (unpaired) electrons. The Morgan fingerprint density at radius 2 is 1.59 bits per heavy atom. The lowest BCUT2D eigenvalue weighted by atomic mass is 9.97. The topological polar surface area (TPSA) is 122 Å². The molecule has 1 amide bonds. The summed E-state index contributed by atoms with van der Waals surface area (Å²) in [6, 6.07) is 9.71. The van der Waals surface area contributed by atoms with E-state index in [1.807, 2.05) is 0 Å². The van der Waals surface area contributed by atoms with E-state index in [-0.39, 0.29) is 47.0 Å². The van der Waals surface area contributed by atoms with Crippen LogP contribution in [0.5, 0.6) is 5.75 Å². The third kappa shape index (κ3) is 6.12. The maximum absolute atomic E-state index is 13.7. The SMILES string of the molecule is COc1ccc(F)cc1S(=O)(=O)N1CCC(C(=O)NCc2ccc(S(=O)(=O)N3CCOCC3)cc2)CC1. The summed E-state index contributed by atoms with van der Waals surface area (Å²) in [6.45, 7) is 1.82. The van der Waals surface area contributed by atoms with Crippen LogP contribution in [0.4, 0.5) is 4.39 Å². The third-order valence-electron chi connectivity index (χ3n) is 6.57. The van der Waals surface area contributed by atoms with Gasteiger partial charge in [-0.3, -0.25) is 4.79 Å². The van der Waals surface area contributed by atoms with Crippen molar-refractivity contribution in [3.8, 4) is 5.75 Å². The lowest BCUT2D eigenvalue weighted by Crippen LogP contribution is -2.43. The van der Waals surface area contributed by atoms with Gasteiger partial charge in [-0.1, -0.05) is 12.1 Å². The van der Waals surface area contributed by atoms with Crippen LogP contribution < -0.4 is 10.1 Å². The van der Waals surface area contributed by atoms with Crippen LogP contribution in [-0.2, 0) is 36.1 Å². The first-order valence-corrected chi connectivity index (χ1v) is 14.8. The number of methoxy groups -OCH3 is 1. The molecule has 0 spiro atoms. The highest BCUT2D eigenvalue weighted by Crippen LogP contribution is 2.30. The number of sulfonamides is 2. The number of hydrogen-bond acceptors (Lipinski definition) is 7. The quantitative estimate of drug-likeness (QED) is 0.525. The van der Waals surface area contributed by atoms with Gasteiger partial charge in [-0.2, -0.15) is 8.61 Å². The number of morpholine rings is 1. The predicted molar refractivity (Wildman–Crippen MR) is 132 cm³/mol. The molecule has 2 aliphatic heterocycles. The van der Waals surface area contributed by atoms with Crippen molar-refractivity contribution in [3.63, 3.8) is 0 Å². The van der Waals surface area contributed by atoms with Gasteiger partial charge in [0.05, 0.1) is 25.2 Å². The van der Waals surface area contributed by atoms with E-state index < -0.39 is 25.9 Å². The Morgan fingerprint density at radius 1 is 0.973 bits per heavy atom. The fourth-order valence-corrected chi connectivity index (χ4v) is 7.44. The zero-order chi connectivity index (χ0) is 26.6. The maximum Gasteiger partial charge on any atom is 0.246 e. The smallest absolute Gasteiger partial charge is 0.246 e. The lowest BCUT2D eigenvalue weighted by Gasteiger charge is -2.31. The molecular weight excluding hydrogens is 525 g/mol. The highest BCUT2D eigenvalue weighted by molar-refractivity contribution is 7.89. The van der Waals surface area contributed by atoms with Crippen molar-refractivity contribution in [2.45, 2.75) is 29.2 Å². The van der Waals surface area contributed by atoms with E-state index in [1.54, 1.807) is 12.1 Å². The summed E-state index contributed by atoms with van der Waals surface area (Å²) >= 11 is 0. The van der Waals surface area contributed by atoms with Gasteiger partial charge in [0.25, 0.3) is 0 Å². The average Bonchev–Trinajstić information content (AvgIpc) is 2.92. The fourth-order valence-electron chi connectivity index (χ4n) is 4.40. The lowest BCUT2D eigenvalue weighted by molar-refractivity contribution is -0.126. The Morgan fingerprint density at radius 3 is 2.22 bits per heavy atom. The second-order valence-corrected chi connectivity index (χ2v) is 12.7. The largest absolute Gasteiger partial charge is 0.495 e. The van der Waals surface area contributed by atoms with E-state index in [2.05, 4.69) is 5.32 Å². The van der Waals surface area contributed by atoms with Gasteiger partial charge in [0.1, 0.15) is 16.5 Å². The van der Waals surface area contributed by atoms with E-state index in [0.29, 0.717) is 39.1 Å². The van der Waals surface area contributed by atoms with Crippen molar-refractivity contribution in [1.29, 1.82) is 0 Å². The number of carbonyl (C=O) groups is 1. The maximum atomic E-state index is 13.7. The molecule has 0 unspecified atom stereocenters. The molecular formula is C24H30FN3O7S2. The number of ether oxygens (including phenoxy) is 2. The zero-order valence-electron chi connectivity index (χ0n) is 20.4. The molecule has 202 valence electrons. The number of rotatable bonds is 8. The summed E-state index contributed by atoms with van der Waals surface area (Å²) in [5, 5.41) is 2.85. The summed E-state index contributed by atoms with van der Waals surface area (Å²) in [5.74, 6) is -1.20. The molecule has 0 aromatic heterocycles. The van der Waals surface area contributed by atoms with E-state index in [0.717, 1.165) is 17.7 Å². The number of amides is 1. The highest BCUT2D eigenvalue weighted by Gasteiger charge is 2.34. The molecule has 0 atom stereocenters. The molecule has 13 heteroatoms. The first-order chi connectivity index (χ1) is 17.6. The van der Waals surface area contributed by atoms with Crippen LogP contribution in [0.1, 0.15) is 18.4 Å². The number of piperidine rings is 1. The first kappa shape index (κ1) is 27.5. The predicted octanol–water partition coefficient (Wildman–Crippen LogP) is 1.57. The van der Waals surface area contributed by atoms with Gasteiger partial charge in [0.2, 0.25) is 26.0 Å². The molecule has 0 bridgehead atoms. The normalized spacial score (nSPS) is 18.4. The number of benzene rings is 2. The van der Waals surface area contributed by atoms with Gasteiger partial charge in [0, 0.05) is 38.6 Å². The molecule has 2 aromatic rings. The van der Waals surface area contributed by atoms with Crippen LogP contribution in [0, 0.1) is 11.7 Å². The Bertz CT molecular complexity index is 1320. The van der Waals surface area contributed by atoms with Crippen LogP contribution >= 0.6 is 0 Å². The van der Waals surface area contributed by atoms with E-state index in [4.69, 9.17) is 9.47 Å². The standard InChI is InChI=1S/C24H30FN3O7S2/c1-34-22-7-4-20(25)16-23(22)37(32,33)27-10-8-19(9-11-27)24(29)26-17-18-2-5-21(6-3-18)36(30,31)28-12-14-35-15-13-28/h2-7,16,19H,8-15,17H2,1H3,(H,26,29). The van der Waals surface area contributed by atoms with Crippen LogP contribution in [0.15, 0.2) is 52.3 Å². The van der Waals surface area contributed by atoms with Gasteiger partial charge < -0.3 is 14.8 Å². The van der Waals surface area contributed by atoms with Gasteiger partial charge in [-0.25, -0.2) is 21.2 Å². The summed E-state index contributed by atoms with van der Waals surface area (Å²) in [4.78, 5) is 12.7. The molecule has 1 N–H and O–H groups in total. The van der Waals surface area contributed by atoms with Crippen LogP contribution in [-0.4, -0.2) is 77.9 Å². The fraction of sp³-hybridized carbons (Fsp3) is 0.458. The van der Waals surface area contributed by atoms with E-state index >= 15 is 0 Å². The van der Waals surface area contributed by atoms with Gasteiger partial charge in [0.15, 0.2) is 0 Å². The molecule has 0 aliphatic carbocycles. The van der Waals surface area contributed by atoms with Crippen LogP contribution in [0.2, 0.25) is 0 Å². The third-order valence-corrected chi connectivity index (χ3v) is 10.4. The number of halogens is 1. The zero-order valence-corrected chi connectivity index (χ0v) is 22.1. The molecule has 2 fully saturated rings. The molecule has 0 saturated carbocycles. The van der Waals surface area contributed by atoms with Crippen LogP contribution in [0.25, 0.3) is 0 Å². The number of hydrogen-bond donors (Lipinski definition) is 1. The summed E-state index contributed by atoms with van der Waals surface area (Å²) in [6.07, 6.45) is 0.638. The molecule has 37 heavy (non-hydrogen) atoms. The minimum atomic E-state index is -3.98. The van der Waals surface area contributed by atoms with Gasteiger partial charge >= 0.3 is 0 Å². The summed E-state index contributed by atoms with van der Waals surface area (Å²) < 4.78 is 78.2. The van der Waals surface area contributed by atoms with Crippen LogP contribution in [0.3, 0.4) is 0 Å². The van der Waals surface area contributed by atoms with Crippen molar-refractivity contribution in [2.75, 3.05) is 46.5 Å². The van der Waals surface area contributed by atoms with E-state index in [9.17, 15) is 26.0 Å². The van der Waals surface area contributed by atoms with Gasteiger partial charge in [-0.15, -0.1) is 0 Å². The minimum Gasteiger partial charge on any atom is -0.495 e. The van der Waals surface area contributed by atoms with Crippen molar-refractivity contribution in [2.24, 2.45) is 5.92 Å². The first-order valence-electron chi connectivity index (χ1n) is 11.9. The highest BCUT2D eigenvalue weighted by atomic mass is 32.2. The number of nitrogens with one attached hydrogen (secondary N) is 1. The van der Waals surface area contributed by atoms with Crippen molar-refractivity contribution in [1.82, 2.24) is 13.9 Å². The summed E-state index contributed by atoms with van der Waals surface area (Å²) in [7, 11) is -6.25. The summed E-state index contributed by atoms with van der Waals surface area (Å²) in [5.41, 5.74) is 0.743. The number of nitrogens with zero attached hydrogens (tertiary/aromatic N) is 2. The second-order valence-electron chi connectivity index (χ2n) is 8.85. The molecule has 4 rings (SSSR count). The molecule has 2 heterocycles. The van der Waals surface area contributed by atoms with Crippen molar-refractivity contribution >= 4 is 26.0 Å². The Balaban J connectivity index is 1.31.